The van der Waals surface area contributed by atoms with E-state index in [-0.39, 0.29) is 6.54 Å². The van der Waals surface area contributed by atoms with E-state index in [0.717, 1.165) is 17.0 Å². The van der Waals surface area contributed by atoms with Crippen LogP contribution in [0.3, 0.4) is 0 Å². The van der Waals surface area contributed by atoms with E-state index in [4.69, 9.17) is 11.6 Å². The molecule has 4 heteroatoms. The SMILES string of the molecule is Fc1cccc(Cn2ccc3ccc(Cl)cc32)c1F. The van der Waals surface area contributed by atoms with Crippen LogP contribution in [-0.4, -0.2) is 4.57 Å². The van der Waals surface area contributed by atoms with Gasteiger partial charge in [0.15, 0.2) is 11.6 Å². The Morgan fingerprint density at radius 1 is 1.05 bits per heavy atom. The predicted molar refractivity (Wildman–Crippen MR) is 72.4 cm³/mol. The van der Waals surface area contributed by atoms with E-state index < -0.39 is 11.6 Å². The standard InChI is InChI=1S/C15H10ClF2N/c16-12-5-4-10-6-7-19(14(10)8-12)9-11-2-1-3-13(17)15(11)18/h1-8H,9H2. The summed E-state index contributed by atoms with van der Waals surface area (Å²) in [4.78, 5) is 0. The Bertz CT molecular complexity index is 749. The number of nitrogens with zero attached hydrogens (tertiary/aromatic N) is 1. The average molecular weight is 278 g/mol. The fourth-order valence-electron chi connectivity index (χ4n) is 2.15. The molecule has 0 aliphatic rings. The van der Waals surface area contributed by atoms with Crippen LogP contribution in [0.15, 0.2) is 48.7 Å². The number of rotatable bonds is 2. The molecule has 19 heavy (non-hydrogen) atoms. The van der Waals surface area contributed by atoms with Crippen LogP contribution in [0.5, 0.6) is 0 Å². The number of hydrogen-bond acceptors (Lipinski definition) is 0. The van der Waals surface area contributed by atoms with Crippen molar-refractivity contribution in [2.75, 3.05) is 0 Å². The average Bonchev–Trinajstić information content (AvgIpc) is 2.78. The molecule has 0 atom stereocenters. The molecular formula is C15H10ClF2N. The lowest BCUT2D eigenvalue weighted by Gasteiger charge is -2.07. The van der Waals surface area contributed by atoms with Gasteiger partial charge in [-0.1, -0.05) is 29.8 Å². The number of fused-ring (bicyclic) bond motifs is 1. The van der Waals surface area contributed by atoms with Crippen molar-refractivity contribution in [2.24, 2.45) is 0 Å². The Hall–Kier alpha value is -1.87. The lowest BCUT2D eigenvalue weighted by Crippen LogP contribution is -2.02. The zero-order chi connectivity index (χ0) is 13.4. The normalized spacial score (nSPS) is 11.1. The minimum atomic E-state index is -0.827. The Balaban J connectivity index is 2.06. The van der Waals surface area contributed by atoms with Gasteiger partial charge in [0.1, 0.15) is 0 Å². The predicted octanol–water partition coefficient (Wildman–Crippen LogP) is 4.62. The number of benzene rings is 2. The number of hydrogen-bond donors (Lipinski definition) is 0. The third-order valence-corrected chi connectivity index (χ3v) is 3.34. The van der Waals surface area contributed by atoms with Crippen molar-refractivity contribution in [2.45, 2.75) is 6.54 Å². The smallest absolute Gasteiger partial charge is 0.163 e. The molecule has 0 aliphatic heterocycles. The molecule has 1 aromatic heterocycles. The first-order valence-corrected chi connectivity index (χ1v) is 6.20. The summed E-state index contributed by atoms with van der Waals surface area (Å²) in [7, 11) is 0. The largest absolute Gasteiger partial charge is 0.343 e. The second kappa shape index (κ2) is 4.67. The highest BCUT2D eigenvalue weighted by atomic mass is 35.5. The fraction of sp³-hybridized carbons (Fsp3) is 0.0667. The Morgan fingerprint density at radius 2 is 1.89 bits per heavy atom. The zero-order valence-electron chi connectivity index (χ0n) is 9.91. The monoisotopic (exact) mass is 277 g/mol. The number of aromatic nitrogens is 1. The van der Waals surface area contributed by atoms with Crippen molar-refractivity contribution in [3.05, 3.63) is 70.9 Å². The third kappa shape index (κ3) is 2.22. The summed E-state index contributed by atoms with van der Waals surface area (Å²) in [6.07, 6.45) is 1.84. The van der Waals surface area contributed by atoms with Gasteiger partial charge in [-0.2, -0.15) is 0 Å². The maximum atomic E-state index is 13.7. The molecule has 0 bridgehead atoms. The van der Waals surface area contributed by atoms with Gasteiger partial charge in [-0.25, -0.2) is 8.78 Å². The summed E-state index contributed by atoms with van der Waals surface area (Å²) >= 11 is 5.96. The molecule has 1 heterocycles. The van der Waals surface area contributed by atoms with Gasteiger partial charge in [0.2, 0.25) is 0 Å². The summed E-state index contributed by atoms with van der Waals surface area (Å²) in [5, 5.41) is 1.63. The topological polar surface area (TPSA) is 4.93 Å². The van der Waals surface area contributed by atoms with Crippen molar-refractivity contribution in [3.8, 4) is 0 Å². The van der Waals surface area contributed by atoms with Crippen LogP contribution in [0.4, 0.5) is 8.78 Å². The highest BCUT2D eigenvalue weighted by molar-refractivity contribution is 6.31. The van der Waals surface area contributed by atoms with Crippen molar-refractivity contribution in [1.29, 1.82) is 0 Å². The van der Waals surface area contributed by atoms with Gasteiger partial charge in [0.25, 0.3) is 0 Å². The first-order chi connectivity index (χ1) is 9.15. The van der Waals surface area contributed by atoms with Gasteiger partial charge in [-0.3, -0.25) is 0 Å². The molecule has 0 unspecified atom stereocenters. The molecule has 0 spiro atoms. The van der Waals surface area contributed by atoms with Crippen LogP contribution < -0.4 is 0 Å². The van der Waals surface area contributed by atoms with Gasteiger partial charge in [-0.05, 0) is 29.7 Å². The van der Waals surface area contributed by atoms with E-state index in [1.54, 1.807) is 12.1 Å². The Kier molecular flexibility index (Phi) is 2.99. The molecule has 1 nitrogen and oxygen atoms in total. The minimum Gasteiger partial charge on any atom is -0.343 e. The molecule has 0 radical (unpaired) electrons. The summed E-state index contributed by atoms with van der Waals surface area (Å²) in [6, 6.07) is 11.6. The van der Waals surface area contributed by atoms with Crippen molar-refractivity contribution < 1.29 is 8.78 Å². The molecule has 3 aromatic rings. The highest BCUT2D eigenvalue weighted by Gasteiger charge is 2.09. The van der Waals surface area contributed by atoms with Crippen LogP contribution in [0, 0.1) is 11.6 Å². The minimum absolute atomic E-state index is 0.271. The van der Waals surface area contributed by atoms with Crippen LogP contribution in [0.25, 0.3) is 10.9 Å². The van der Waals surface area contributed by atoms with Crippen LogP contribution in [0.1, 0.15) is 5.56 Å². The Labute approximate surface area is 114 Å². The molecule has 96 valence electrons. The van der Waals surface area contributed by atoms with Gasteiger partial charge in [0, 0.05) is 22.3 Å². The quantitative estimate of drug-likeness (QED) is 0.644. The molecule has 0 saturated heterocycles. The van der Waals surface area contributed by atoms with E-state index in [9.17, 15) is 8.78 Å². The zero-order valence-corrected chi connectivity index (χ0v) is 10.7. The second-order valence-electron chi connectivity index (χ2n) is 4.36. The molecule has 0 fully saturated rings. The van der Waals surface area contributed by atoms with Crippen LogP contribution >= 0.6 is 11.6 Å². The van der Waals surface area contributed by atoms with E-state index in [2.05, 4.69) is 0 Å². The molecule has 0 N–H and O–H groups in total. The summed E-state index contributed by atoms with van der Waals surface area (Å²) < 4.78 is 28.7. The van der Waals surface area contributed by atoms with Crippen LogP contribution in [0.2, 0.25) is 5.02 Å². The highest BCUT2D eigenvalue weighted by Crippen LogP contribution is 2.22. The maximum absolute atomic E-state index is 13.7. The molecular weight excluding hydrogens is 268 g/mol. The van der Waals surface area contributed by atoms with Gasteiger partial charge in [-0.15, -0.1) is 0 Å². The second-order valence-corrected chi connectivity index (χ2v) is 4.80. The van der Waals surface area contributed by atoms with Gasteiger partial charge in [0.05, 0.1) is 6.54 Å². The van der Waals surface area contributed by atoms with Crippen LogP contribution in [-0.2, 0) is 6.54 Å². The lowest BCUT2D eigenvalue weighted by atomic mass is 10.2. The number of halogens is 3. The van der Waals surface area contributed by atoms with E-state index in [0.29, 0.717) is 10.6 Å². The van der Waals surface area contributed by atoms with E-state index in [1.807, 2.05) is 29.0 Å². The maximum Gasteiger partial charge on any atom is 0.163 e. The first kappa shape index (κ1) is 12.2. The fourth-order valence-corrected chi connectivity index (χ4v) is 2.32. The first-order valence-electron chi connectivity index (χ1n) is 5.82. The van der Waals surface area contributed by atoms with Gasteiger partial charge >= 0.3 is 0 Å². The molecule has 3 rings (SSSR count). The summed E-state index contributed by atoms with van der Waals surface area (Å²) in [6.45, 7) is 0.271. The molecule has 2 aromatic carbocycles. The van der Waals surface area contributed by atoms with Crippen molar-refractivity contribution in [1.82, 2.24) is 4.57 Å². The summed E-state index contributed by atoms with van der Waals surface area (Å²) in [5.74, 6) is -1.63. The van der Waals surface area contributed by atoms with E-state index >= 15 is 0 Å². The van der Waals surface area contributed by atoms with Crippen molar-refractivity contribution >= 4 is 22.5 Å². The Morgan fingerprint density at radius 3 is 2.74 bits per heavy atom. The molecule has 0 aliphatic carbocycles. The van der Waals surface area contributed by atoms with Crippen molar-refractivity contribution in [3.63, 3.8) is 0 Å². The van der Waals surface area contributed by atoms with Gasteiger partial charge < -0.3 is 4.57 Å². The van der Waals surface area contributed by atoms with E-state index in [1.165, 1.54) is 6.07 Å². The molecule has 0 amide bonds. The third-order valence-electron chi connectivity index (χ3n) is 3.11. The summed E-state index contributed by atoms with van der Waals surface area (Å²) in [5.41, 5.74) is 1.22. The molecule has 0 saturated carbocycles. The lowest BCUT2D eigenvalue weighted by molar-refractivity contribution is 0.496.